The first-order valence-corrected chi connectivity index (χ1v) is 6.42. The second-order valence-corrected chi connectivity index (χ2v) is 6.11. The second kappa shape index (κ2) is 5.24. The molecular weight excluding hydrogens is 316 g/mol. The first-order valence-electron chi connectivity index (χ1n) is 5.63. The smallest absolute Gasteiger partial charge is 0.289 e. The molecule has 0 N–H and O–H groups in total. The number of hydrogen-bond acceptors (Lipinski definition) is 4. The van der Waals surface area contributed by atoms with E-state index < -0.39 is 15.9 Å². The number of halogens is 1. The van der Waals surface area contributed by atoms with Crippen molar-refractivity contribution in [1.29, 1.82) is 0 Å². The topological polar surface area (TPSA) is 82.2 Å². The van der Waals surface area contributed by atoms with E-state index >= 15 is 0 Å². The molecule has 104 valence electrons. The zero-order valence-corrected chi connectivity index (χ0v) is 12.8. The van der Waals surface area contributed by atoms with Gasteiger partial charge in [0.2, 0.25) is 0 Å². The zero-order chi connectivity index (χ0) is 15.0. The van der Waals surface area contributed by atoms with Crippen LogP contribution in [0.5, 0.6) is 0 Å². The number of rotatable bonds is 3. The van der Waals surface area contributed by atoms with Gasteiger partial charge in [-0.1, -0.05) is 20.8 Å². The van der Waals surface area contributed by atoms with Crippen LogP contribution < -0.4 is 5.56 Å². The van der Waals surface area contributed by atoms with E-state index in [-0.39, 0.29) is 28.1 Å². The average Bonchev–Trinajstić information content (AvgIpc) is 2.28. The van der Waals surface area contributed by atoms with Gasteiger partial charge in [-0.25, -0.2) is 0 Å². The quantitative estimate of drug-likeness (QED) is 0.629. The van der Waals surface area contributed by atoms with Gasteiger partial charge >= 0.3 is 0 Å². The van der Waals surface area contributed by atoms with Crippen LogP contribution in [-0.2, 0) is 11.3 Å². The first-order chi connectivity index (χ1) is 8.55. The molecule has 0 aliphatic carbocycles. The number of carbonyl (C=O) groups is 1. The predicted molar refractivity (Wildman–Crippen MR) is 74.3 cm³/mol. The molecule has 0 bridgehead atoms. The minimum Gasteiger partial charge on any atom is -0.300 e. The van der Waals surface area contributed by atoms with Crippen molar-refractivity contribution in [3.05, 3.63) is 36.7 Å². The molecule has 0 fully saturated rings. The minimum absolute atomic E-state index is 0.114. The van der Waals surface area contributed by atoms with Crippen LogP contribution in [0.4, 0.5) is 5.69 Å². The maximum absolute atomic E-state index is 12.0. The summed E-state index contributed by atoms with van der Waals surface area (Å²) in [7, 11) is 0. The number of nitro groups is 1. The van der Waals surface area contributed by atoms with Crippen LogP contribution in [0.2, 0.25) is 0 Å². The maximum atomic E-state index is 12.0. The Hall–Kier alpha value is -1.50. The van der Waals surface area contributed by atoms with Gasteiger partial charge in [-0.3, -0.25) is 19.7 Å². The lowest BCUT2D eigenvalue weighted by atomic mass is 9.91. The molecule has 6 nitrogen and oxygen atoms in total. The molecule has 0 aliphatic rings. The van der Waals surface area contributed by atoms with Crippen molar-refractivity contribution in [1.82, 2.24) is 4.57 Å². The summed E-state index contributed by atoms with van der Waals surface area (Å²) in [5.74, 6) is -0.167. The zero-order valence-electron chi connectivity index (χ0n) is 11.2. The van der Waals surface area contributed by atoms with Crippen LogP contribution in [0.1, 0.15) is 26.3 Å². The number of hydrogen-bond donors (Lipinski definition) is 0. The molecule has 0 aliphatic heterocycles. The van der Waals surface area contributed by atoms with Crippen molar-refractivity contribution >= 4 is 27.4 Å². The van der Waals surface area contributed by atoms with E-state index in [0.717, 1.165) is 10.8 Å². The number of ketones is 1. The second-order valence-electron chi connectivity index (χ2n) is 5.32. The van der Waals surface area contributed by atoms with Crippen molar-refractivity contribution in [3.8, 4) is 0 Å². The molecule has 1 rings (SSSR count). The van der Waals surface area contributed by atoms with Crippen LogP contribution in [0.15, 0.2) is 15.5 Å². The largest absolute Gasteiger partial charge is 0.300 e. The lowest BCUT2D eigenvalue weighted by Gasteiger charge is -2.17. The van der Waals surface area contributed by atoms with Gasteiger partial charge < -0.3 is 4.57 Å². The van der Waals surface area contributed by atoms with Gasteiger partial charge in [-0.05, 0) is 22.9 Å². The first kappa shape index (κ1) is 15.6. The van der Waals surface area contributed by atoms with E-state index in [0.29, 0.717) is 0 Å². The molecule has 0 saturated heterocycles. The van der Waals surface area contributed by atoms with Crippen LogP contribution in [-0.4, -0.2) is 15.3 Å². The molecule has 0 saturated carbocycles. The summed E-state index contributed by atoms with van der Waals surface area (Å²) in [5, 5.41) is 10.9. The van der Waals surface area contributed by atoms with E-state index in [2.05, 4.69) is 15.9 Å². The highest BCUT2D eigenvalue weighted by atomic mass is 79.9. The number of aromatic nitrogens is 1. The number of pyridine rings is 1. The van der Waals surface area contributed by atoms with E-state index in [9.17, 15) is 19.7 Å². The van der Waals surface area contributed by atoms with Crippen LogP contribution >= 0.6 is 15.9 Å². The third kappa shape index (κ3) is 3.28. The fourth-order valence-electron chi connectivity index (χ4n) is 1.40. The highest BCUT2D eigenvalue weighted by Crippen LogP contribution is 2.23. The molecule has 19 heavy (non-hydrogen) atoms. The van der Waals surface area contributed by atoms with E-state index in [1.165, 1.54) is 6.92 Å². The predicted octanol–water partition coefficient (Wildman–Crippen LogP) is 2.44. The average molecular weight is 331 g/mol. The number of nitrogens with zero attached hydrogens (tertiary/aromatic N) is 2. The highest BCUT2D eigenvalue weighted by molar-refractivity contribution is 9.10. The molecular formula is C12H15BrN2O4. The Morgan fingerprint density at radius 3 is 2.42 bits per heavy atom. The van der Waals surface area contributed by atoms with Gasteiger partial charge in [0.05, 0.1) is 22.1 Å². The maximum Gasteiger partial charge on any atom is 0.289 e. The van der Waals surface area contributed by atoms with E-state index in [1.54, 1.807) is 20.8 Å². The Morgan fingerprint density at radius 2 is 2.00 bits per heavy atom. The molecule has 1 aromatic heterocycles. The van der Waals surface area contributed by atoms with Gasteiger partial charge in [-0.15, -0.1) is 0 Å². The Labute approximate surface area is 118 Å². The molecule has 0 radical (unpaired) electrons. The molecule has 0 atom stereocenters. The van der Waals surface area contributed by atoms with Crippen molar-refractivity contribution in [2.24, 2.45) is 5.41 Å². The summed E-state index contributed by atoms with van der Waals surface area (Å²) >= 11 is 3.04. The summed E-state index contributed by atoms with van der Waals surface area (Å²) in [6.07, 6.45) is 1.12. The van der Waals surface area contributed by atoms with Crippen molar-refractivity contribution in [2.75, 3.05) is 0 Å². The Bertz CT molecular complexity index is 599. The lowest BCUT2D eigenvalue weighted by Crippen LogP contribution is -2.31. The van der Waals surface area contributed by atoms with Crippen LogP contribution in [0.3, 0.4) is 0 Å². The Kier molecular flexibility index (Phi) is 4.29. The number of Topliss-reactive ketones (excluding diaryl/α,β-unsaturated/α-hetero) is 1. The fraction of sp³-hybridized carbons (Fsp3) is 0.500. The van der Waals surface area contributed by atoms with Gasteiger partial charge in [0, 0.05) is 11.0 Å². The monoisotopic (exact) mass is 330 g/mol. The third-order valence-corrected chi connectivity index (χ3v) is 3.72. The number of carbonyl (C=O) groups excluding carboxylic acids is 1. The van der Waals surface area contributed by atoms with Gasteiger partial charge in [0.15, 0.2) is 5.78 Å². The summed E-state index contributed by atoms with van der Waals surface area (Å²) < 4.78 is 1.19. The van der Waals surface area contributed by atoms with Crippen molar-refractivity contribution < 1.29 is 9.72 Å². The molecule has 0 unspecified atom stereocenters. The summed E-state index contributed by atoms with van der Waals surface area (Å²) in [5.41, 5.74) is -0.977. The Morgan fingerprint density at radius 1 is 1.47 bits per heavy atom. The molecule has 0 aromatic carbocycles. The van der Waals surface area contributed by atoms with Crippen molar-refractivity contribution in [2.45, 2.75) is 34.2 Å². The SMILES string of the molecule is Cc1c([N+](=O)[O-])cn(CC(=O)C(C)(C)C)c(=O)c1Br. The van der Waals surface area contributed by atoms with Gasteiger partial charge in [-0.2, -0.15) is 0 Å². The van der Waals surface area contributed by atoms with E-state index in [1.807, 2.05) is 0 Å². The summed E-state index contributed by atoms with van der Waals surface area (Å²) in [6, 6.07) is 0. The molecule has 0 spiro atoms. The summed E-state index contributed by atoms with van der Waals surface area (Å²) in [6.45, 7) is 6.51. The lowest BCUT2D eigenvalue weighted by molar-refractivity contribution is -0.386. The van der Waals surface area contributed by atoms with Gasteiger partial charge in [0.25, 0.3) is 11.2 Å². The van der Waals surface area contributed by atoms with Crippen molar-refractivity contribution in [3.63, 3.8) is 0 Å². The highest BCUT2D eigenvalue weighted by Gasteiger charge is 2.24. The van der Waals surface area contributed by atoms with Crippen LogP contribution in [0.25, 0.3) is 0 Å². The summed E-state index contributed by atoms with van der Waals surface area (Å²) in [4.78, 5) is 34.2. The third-order valence-electron chi connectivity index (χ3n) is 2.79. The standard InChI is InChI=1S/C12H15BrN2O4/c1-7-8(15(18)19)5-14(11(17)10(7)13)6-9(16)12(2,3)4/h5H,6H2,1-4H3. The minimum atomic E-state index is -0.606. The molecule has 1 aromatic rings. The van der Waals surface area contributed by atoms with E-state index in [4.69, 9.17) is 0 Å². The van der Waals surface area contributed by atoms with Crippen LogP contribution in [0, 0.1) is 22.5 Å². The molecule has 7 heteroatoms. The fourth-order valence-corrected chi connectivity index (χ4v) is 1.83. The Balaban J connectivity index is 3.34. The molecule has 0 amide bonds. The normalized spacial score (nSPS) is 11.4. The van der Waals surface area contributed by atoms with Gasteiger partial charge in [0.1, 0.15) is 0 Å². The molecule has 1 heterocycles.